The summed E-state index contributed by atoms with van der Waals surface area (Å²) in [6.45, 7) is 1.09. The number of aliphatic hydroxyl groups excluding tert-OH is 1. The molecule has 1 fully saturated rings. The van der Waals surface area contributed by atoms with E-state index in [4.69, 9.17) is 15.0 Å². The Kier molecular flexibility index (Phi) is 4.93. The van der Waals surface area contributed by atoms with Gasteiger partial charge in [0.05, 0.1) is 30.6 Å². The number of nitrogens with zero attached hydrogens (tertiary/aromatic N) is 2. The summed E-state index contributed by atoms with van der Waals surface area (Å²) in [4.78, 5) is 2.03. The molecule has 3 unspecified atom stereocenters. The maximum Gasteiger partial charge on any atom is 0.150 e. The lowest BCUT2D eigenvalue weighted by Crippen LogP contribution is -2.44. The Bertz CT molecular complexity index is 394. The third-order valence-electron chi connectivity index (χ3n) is 3.33. The Balaban J connectivity index is 1.88. The number of rotatable bonds is 5. The van der Waals surface area contributed by atoms with Crippen LogP contribution in [-0.4, -0.2) is 54.1 Å². The predicted octanol–water partition coefficient (Wildman–Crippen LogP) is 0.146. The Labute approximate surface area is 113 Å². The Hall–Kier alpha value is -0.950. The van der Waals surface area contributed by atoms with Gasteiger partial charge in [0.1, 0.15) is 0 Å². The largest absolute Gasteiger partial charge is 0.390 e. The minimum atomic E-state index is -0.442. The van der Waals surface area contributed by atoms with Gasteiger partial charge in [-0.2, -0.15) is 0 Å². The molecule has 2 rings (SSSR count). The van der Waals surface area contributed by atoms with Crippen LogP contribution in [0.2, 0.25) is 0 Å². The van der Waals surface area contributed by atoms with E-state index in [0.717, 1.165) is 30.8 Å². The highest BCUT2D eigenvalue weighted by atomic mass is 16.5. The van der Waals surface area contributed by atoms with Gasteiger partial charge in [-0.3, -0.25) is 0 Å². The summed E-state index contributed by atoms with van der Waals surface area (Å²) in [6, 6.07) is 1.96. The molecule has 6 heteroatoms. The fraction of sp³-hybridized carbons (Fsp3) is 0.769. The number of hydrogen-bond acceptors (Lipinski definition) is 6. The van der Waals surface area contributed by atoms with Crippen molar-refractivity contribution >= 4 is 0 Å². The monoisotopic (exact) mass is 269 g/mol. The molecule has 0 spiro atoms. The molecule has 1 saturated heterocycles. The average Bonchev–Trinajstić information content (AvgIpc) is 2.78. The average molecular weight is 269 g/mol. The van der Waals surface area contributed by atoms with Crippen molar-refractivity contribution in [1.82, 2.24) is 10.1 Å². The fourth-order valence-corrected chi connectivity index (χ4v) is 2.38. The first-order valence-corrected chi connectivity index (χ1v) is 6.71. The van der Waals surface area contributed by atoms with Gasteiger partial charge in [-0.05, 0) is 26.9 Å². The SMILES string of the molecule is CN(C)Cc1cc(CC2CCC(O)C(CN)O2)no1. The van der Waals surface area contributed by atoms with Crippen molar-refractivity contribution in [2.45, 2.75) is 44.1 Å². The van der Waals surface area contributed by atoms with Gasteiger partial charge in [-0.1, -0.05) is 5.16 Å². The van der Waals surface area contributed by atoms with Crippen LogP contribution in [-0.2, 0) is 17.7 Å². The van der Waals surface area contributed by atoms with E-state index < -0.39 is 6.10 Å². The van der Waals surface area contributed by atoms with Crippen LogP contribution in [0.5, 0.6) is 0 Å². The highest BCUT2D eigenvalue weighted by molar-refractivity contribution is 5.06. The molecule has 3 N–H and O–H groups in total. The van der Waals surface area contributed by atoms with Crippen LogP contribution >= 0.6 is 0 Å². The molecule has 0 aliphatic carbocycles. The summed E-state index contributed by atoms with van der Waals surface area (Å²) in [5.41, 5.74) is 6.48. The number of hydrogen-bond donors (Lipinski definition) is 2. The van der Waals surface area contributed by atoms with Crippen molar-refractivity contribution in [3.63, 3.8) is 0 Å². The van der Waals surface area contributed by atoms with Crippen LogP contribution in [0, 0.1) is 0 Å². The predicted molar refractivity (Wildman–Crippen MR) is 70.6 cm³/mol. The Morgan fingerprint density at radius 3 is 2.95 bits per heavy atom. The Morgan fingerprint density at radius 2 is 2.26 bits per heavy atom. The summed E-state index contributed by atoms with van der Waals surface area (Å²) in [5, 5.41) is 13.8. The van der Waals surface area contributed by atoms with Crippen molar-refractivity contribution in [1.29, 1.82) is 0 Å². The topological polar surface area (TPSA) is 84.8 Å². The molecule has 0 radical (unpaired) electrons. The molecule has 0 saturated carbocycles. The van der Waals surface area contributed by atoms with Crippen molar-refractivity contribution in [2.24, 2.45) is 5.73 Å². The van der Waals surface area contributed by atoms with E-state index in [2.05, 4.69) is 5.16 Å². The lowest BCUT2D eigenvalue weighted by Gasteiger charge is -2.32. The molecule has 19 heavy (non-hydrogen) atoms. The normalized spacial score (nSPS) is 27.9. The molecular weight excluding hydrogens is 246 g/mol. The van der Waals surface area contributed by atoms with Gasteiger partial charge in [0.15, 0.2) is 5.76 Å². The number of ether oxygens (including phenoxy) is 1. The first-order valence-electron chi connectivity index (χ1n) is 6.71. The molecule has 2 heterocycles. The standard InChI is InChI=1S/C13H23N3O3/c1-16(2)8-11-6-9(15-19-11)5-10-3-4-12(17)13(7-14)18-10/h6,10,12-13,17H,3-5,7-8,14H2,1-2H3. The van der Waals surface area contributed by atoms with E-state index in [1.165, 1.54) is 0 Å². The van der Waals surface area contributed by atoms with E-state index in [1.807, 2.05) is 25.1 Å². The zero-order chi connectivity index (χ0) is 13.8. The van der Waals surface area contributed by atoms with Crippen molar-refractivity contribution in [3.8, 4) is 0 Å². The van der Waals surface area contributed by atoms with Crippen molar-refractivity contribution < 1.29 is 14.4 Å². The number of aliphatic hydroxyl groups is 1. The van der Waals surface area contributed by atoms with E-state index in [1.54, 1.807) is 0 Å². The summed E-state index contributed by atoms with van der Waals surface area (Å²) in [7, 11) is 3.97. The highest BCUT2D eigenvalue weighted by Crippen LogP contribution is 2.22. The quantitative estimate of drug-likeness (QED) is 0.791. The van der Waals surface area contributed by atoms with Gasteiger partial charge in [0.2, 0.25) is 0 Å². The van der Waals surface area contributed by atoms with Gasteiger partial charge in [-0.25, -0.2) is 0 Å². The molecule has 0 aromatic carbocycles. The van der Waals surface area contributed by atoms with Crippen LogP contribution in [0.25, 0.3) is 0 Å². The van der Waals surface area contributed by atoms with Crippen molar-refractivity contribution in [3.05, 3.63) is 17.5 Å². The second-order valence-corrected chi connectivity index (χ2v) is 5.40. The maximum absolute atomic E-state index is 9.71. The minimum absolute atomic E-state index is 0.0641. The van der Waals surface area contributed by atoms with Crippen LogP contribution in [0.15, 0.2) is 10.6 Å². The zero-order valence-corrected chi connectivity index (χ0v) is 11.6. The Morgan fingerprint density at radius 1 is 1.47 bits per heavy atom. The first kappa shape index (κ1) is 14.5. The smallest absolute Gasteiger partial charge is 0.150 e. The lowest BCUT2D eigenvalue weighted by molar-refractivity contribution is -0.112. The fourth-order valence-electron chi connectivity index (χ4n) is 2.38. The third kappa shape index (κ3) is 4.01. The molecular formula is C13H23N3O3. The summed E-state index contributed by atoms with van der Waals surface area (Å²) in [6.07, 6.45) is 1.63. The molecule has 1 aliphatic rings. The second kappa shape index (κ2) is 6.47. The summed E-state index contributed by atoms with van der Waals surface area (Å²) < 4.78 is 11.0. The zero-order valence-electron chi connectivity index (χ0n) is 11.6. The molecule has 1 aromatic rings. The van der Waals surface area contributed by atoms with Crippen LogP contribution in [0.1, 0.15) is 24.3 Å². The van der Waals surface area contributed by atoms with E-state index >= 15 is 0 Å². The molecule has 6 nitrogen and oxygen atoms in total. The number of aromatic nitrogens is 1. The van der Waals surface area contributed by atoms with Gasteiger partial charge in [0, 0.05) is 19.0 Å². The highest BCUT2D eigenvalue weighted by Gasteiger charge is 2.29. The van der Waals surface area contributed by atoms with Gasteiger partial charge in [0.25, 0.3) is 0 Å². The summed E-state index contributed by atoms with van der Waals surface area (Å²) in [5.74, 6) is 0.853. The molecule has 1 aliphatic heterocycles. The van der Waals surface area contributed by atoms with Crippen LogP contribution in [0.3, 0.4) is 0 Å². The van der Waals surface area contributed by atoms with Gasteiger partial charge >= 0.3 is 0 Å². The molecule has 1 aromatic heterocycles. The molecule has 3 atom stereocenters. The van der Waals surface area contributed by atoms with Crippen LogP contribution in [0.4, 0.5) is 0 Å². The molecule has 108 valence electrons. The van der Waals surface area contributed by atoms with Crippen LogP contribution < -0.4 is 5.73 Å². The molecule has 0 bridgehead atoms. The lowest BCUT2D eigenvalue weighted by atomic mass is 9.98. The van der Waals surface area contributed by atoms with E-state index in [-0.39, 0.29) is 12.2 Å². The third-order valence-corrected chi connectivity index (χ3v) is 3.33. The van der Waals surface area contributed by atoms with Gasteiger partial charge in [-0.15, -0.1) is 0 Å². The number of nitrogens with two attached hydrogens (primary N) is 1. The van der Waals surface area contributed by atoms with Gasteiger partial charge < -0.3 is 25.0 Å². The first-order chi connectivity index (χ1) is 9.08. The summed E-state index contributed by atoms with van der Waals surface area (Å²) >= 11 is 0. The van der Waals surface area contributed by atoms with E-state index in [9.17, 15) is 5.11 Å². The van der Waals surface area contributed by atoms with Crippen molar-refractivity contribution in [2.75, 3.05) is 20.6 Å². The maximum atomic E-state index is 9.71. The van der Waals surface area contributed by atoms with E-state index in [0.29, 0.717) is 13.0 Å². The second-order valence-electron chi connectivity index (χ2n) is 5.40. The molecule has 0 amide bonds. The minimum Gasteiger partial charge on any atom is -0.390 e.